The molecule has 1 aliphatic carbocycles. The third kappa shape index (κ3) is 3.98. The number of amides is 1. The molecule has 1 amide bonds. The molecule has 9 heteroatoms. The number of benzene rings is 1. The third-order valence-corrected chi connectivity index (χ3v) is 8.03. The van der Waals surface area contributed by atoms with Gasteiger partial charge in [-0.3, -0.25) is 19.3 Å². The lowest BCUT2D eigenvalue weighted by molar-refractivity contribution is 0.0513. The van der Waals surface area contributed by atoms with Crippen LogP contribution in [0.2, 0.25) is 0 Å². The first-order valence-electron chi connectivity index (χ1n) is 12.9. The number of nitrogens with zero attached hydrogens (tertiary/aromatic N) is 4. The standard InChI is InChI=1S/C29H29N5O4/c1-17(2)34-26-20(14-31-34)12-29(13-25(26)35)6-8-33(9-7-29)27(36)23-11-21-22(15-30-16-24(21)32-23)18-4-3-5-19(10-18)28(37)38/h3-5,10-11,14-17,32H,6-9,12-13H2,1-2H3,(H,37,38). The Morgan fingerprint density at radius 1 is 1.08 bits per heavy atom. The molecule has 1 saturated heterocycles. The highest BCUT2D eigenvalue weighted by Gasteiger charge is 2.43. The van der Waals surface area contributed by atoms with Crippen molar-refractivity contribution < 1.29 is 19.5 Å². The number of nitrogens with one attached hydrogen (secondary N) is 1. The number of carbonyl (C=O) groups is 3. The van der Waals surface area contributed by atoms with E-state index in [4.69, 9.17) is 0 Å². The fourth-order valence-electron chi connectivity index (χ4n) is 6.04. The van der Waals surface area contributed by atoms with E-state index in [1.807, 2.05) is 41.8 Å². The maximum absolute atomic E-state index is 13.5. The van der Waals surface area contributed by atoms with Gasteiger partial charge in [0.25, 0.3) is 5.91 Å². The van der Waals surface area contributed by atoms with E-state index in [9.17, 15) is 19.5 Å². The van der Waals surface area contributed by atoms with Crippen LogP contribution in [0.1, 0.15) is 76.1 Å². The van der Waals surface area contributed by atoms with Gasteiger partial charge in [-0.05, 0) is 62.3 Å². The Hall–Kier alpha value is -4.27. The molecule has 9 nitrogen and oxygen atoms in total. The first kappa shape index (κ1) is 24.1. The van der Waals surface area contributed by atoms with Crippen molar-refractivity contribution in [2.45, 2.75) is 45.6 Å². The zero-order chi connectivity index (χ0) is 26.6. The molecule has 1 spiro atoms. The molecule has 4 heterocycles. The highest BCUT2D eigenvalue weighted by atomic mass is 16.4. The number of carboxylic acids is 1. The van der Waals surface area contributed by atoms with Crippen molar-refractivity contribution in [3.05, 3.63) is 71.4 Å². The topological polar surface area (TPSA) is 121 Å². The number of carboxylic acid groups (broad SMARTS) is 1. The Morgan fingerprint density at radius 2 is 1.87 bits per heavy atom. The molecule has 1 aromatic carbocycles. The average Bonchev–Trinajstić information content (AvgIpc) is 3.53. The van der Waals surface area contributed by atoms with E-state index in [0.29, 0.717) is 30.7 Å². The van der Waals surface area contributed by atoms with Crippen molar-refractivity contribution in [2.75, 3.05) is 13.1 Å². The quantitative estimate of drug-likeness (QED) is 0.408. The fourth-order valence-corrected chi connectivity index (χ4v) is 6.04. The second-order valence-electron chi connectivity index (χ2n) is 10.8. The molecule has 6 rings (SSSR count). The van der Waals surface area contributed by atoms with E-state index >= 15 is 0 Å². The minimum Gasteiger partial charge on any atom is -0.478 e. The number of aromatic amines is 1. The van der Waals surface area contributed by atoms with Crippen LogP contribution in [-0.2, 0) is 6.42 Å². The van der Waals surface area contributed by atoms with E-state index in [0.717, 1.165) is 47.0 Å². The monoisotopic (exact) mass is 511 g/mol. The lowest BCUT2D eigenvalue weighted by atomic mass is 9.67. The lowest BCUT2D eigenvalue weighted by Gasteiger charge is -2.43. The number of likely N-dealkylation sites (tertiary alicyclic amines) is 1. The number of piperidine rings is 1. The maximum Gasteiger partial charge on any atom is 0.335 e. The van der Waals surface area contributed by atoms with Crippen molar-refractivity contribution in [3.63, 3.8) is 0 Å². The van der Waals surface area contributed by atoms with Gasteiger partial charge in [-0.2, -0.15) is 5.10 Å². The molecule has 0 bridgehead atoms. The number of pyridine rings is 1. The van der Waals surface area contributed by atoms with E-state index in [-0.39, 0.29) is 28.7 Å². The summed E-state index contributed by atoms with van der Waals surface area (Å²) in [5, 5.41) is 14.7. The van der Waals surface area contributed by atoms with Gasteiger partial charge in [0.2, 0.25) is 0 Å². The molecular formula is C29H29N5O4. The summed E-state index contributed by atoms with van der Waals surface area (Å²) < 4.78 is 1.83. The van der Waals surface area contributed by atoms with E-state index < -0.39 is 5.97 Å². The van der Waals surface area contributed by atoms with Gasteiger partial charge in [0.05, 0.1) is 23.5 Å². The number of Topliss-reactive ketones (excluding diaryl/α,β-unsaturated/α-hetero) is 1. The summed E-state index contributed by atoms with van der Waals surface area (Å²) in [7, 11) is 0. The van der Waals surface area contributed by atoms with Crippen LogP contribution < -0.4 is 0 Å². The van der Waals surface area contributed by atoms with Crippen molar-refractivity contribution in [1.29, 1.82) is 0 Å². The predicted molar refractivity (Wildman–Crippen MR) is 141 cm³/mol. The number of aromatic carboxylic acids is 1. The van der Waals surface area contributed by atoms with Gasteiger partial charge in [0.15, 0.2) is 5.78 Å². The predicted octanol–water partition coefficient (Wildman–Crippen LogP) is 4.76. The molecule has 0 radical (unpaired) electrons. The molecule has 3 aromatic heterocycles. The van der Waals surface area contributed by atoms with Crippen molar-refractivity contribution >= 4 is 28.6 Å². The Kier molecular flexibility index (Phi) is 5.66. The number of rotatable bonds is 4. The molecule has 194 valence electrons. The summed E-state index contributed by atoms with van der Waals surface area (Å²) in [5.41, 5.74) is 4.52. The van der Waals surface area contributed by atoms with Crippen molar-refractivity contribution in [1.82, 2.24) is 24.6 Å². The molecule has 2 aliphatic rings. The Balaban J connectivity index is 1.21. The molecule has 1 aliphatic heterocycles. The SMILES string of the molecule is CC(C)n1ncc2c1C(=O)CC1(CCN(C(=O)c3cc4c(-c5cccc(C(=O)O)c5)cncc4[nH]3)CC1)C2. The summed E-state index contributed by atoms with van der Waals surface area (Å²) in [6, 6.07) is 8.66. The van der Waals surface area contributed by atoms with Crippen LogP contribution in [0.25, 0.3) is 22.0 Å². The zero-order valence-electron chi connectivity index (χ0n) is 21.4. The molecule has 0 atom stereocenters. The van der Waals surface area contributed by atoms with Crippen LogP contribution in [0.4, 0.5) is 0 Å². The van der Waals surface area contributed by atoms with Crippen LogP contribution in [0, 0.1) is 5.41 Å². The average molecular weight is 512 g/mol. The number of fused-ring (bicyclic) bond motifs is 2. The minimum absolute atomic E-state index is 0.0864. The summed E-state index contributed by atoms with van der Waals surface area (Å²) in [4.78, 5) is 47.4. The normalized spacial score (nSPS) is 16.8. The van der Waals surface area contributed by atoms with E-state index in [1.165, 1.54) is 0 Å². The Bertz CT molecular complexity index is 1590. The van der Waals surface area contributed by atoms with Crippen LogP contribution in [0.15, 0.2) is 48.9 Å². The Morgan fingerprint density at radius 3 is 2.61 bits per heavy atom. The van der Waals surface area contributed by atoms with E-state index in [2.05, 4.69) is 15.1 Å². The van der Waals surface area contributed by atoms with Gasteiger partial charge in [0.1, 0.15) is 11.4 Å². The summed E-state index contributed by atoms with van der Waals surface area (Å²) in [5.74, 6) is -0.930. The Labute approximate surface area is 219 Å². The van der Waals surface area contributed by atoms with Crippen LogP contribution in [0.5, 0.6) is 0 Å². The van der Waals surface area contributed by atoms with E-state index in [1.54, 1.807) is 30.6 Å². The zero-order valence-corrected chi connectivity index (χ0v) is 21.4. The van der Waals surface area contributed by atoms with Crippen molar-refractivity contribution in [3.8, 4) is 11.1 Å². The third-order valence-electron chi connectivity index (χ3n) is 8.03. The van der Waals surface area contributed by atoms with Gasteiger partial charge in [-0.25, -0.2) is 4.79 Å². The molecule has 4 aromatic rings. The highest BCUT2D eigenvalue weighted by molar-refractivity contribution is 6.03. The number of aromatic nitrogens is 4. The largest absolute Gasteiger partial charge is 0.478 e. The first-order chi connectivity index (χ1) is 18.2. The number of ketones is 1. The molecule has 0 unspecified atom stereocenters. The highest BCUT2D eigenvalue weighted by Crippen LogP contribution is 2.44. The first-order valence-corrected chi connectivity index (χ1v) is 12.9. The van der Waals surface area contributed by atoms with Gasteiger partial charge >= 0.3 is 5.97 Å². The van der Waals surface area contributed by atoms with Crippen LogP contribution >= 0.6 is 0 Å². The smallest absolute Gasteiger partial charge is 0.335 e. The number of H-pyrrole nitrogens is 1. The number of hydrogen-bond donors (Lipinski definition) is 2. The number of hydrogen-bond acceptors (Lipinski definition) is 5. The molecule has 2 N–H and O–H groups in total. The van der Waals surface area contributed by atoms with Crippen LogP contribution in [-0.4, -0.2) is 60.5 Å². The number of carbonyl (C=O) groups excluding carboxylic acids is 2. The second-order valence-corrected chi connectivity index (χ2v) is 10.8. The van der Waals surface area contributed by atoms with Gasteiger partial charge in [-0.15, -0.1) is 0 Å². The fraction of sp³-hybridized carbons (Fsp3) is 0.345. The lowest BCUT2D eigenvalue weighted by Crippen LogP contribution is -2.46. The van der Waals surface area contributed by atoms with Gasteiger partial charge < -0.3 is 15.0 Å². The molecule has 1 fully saturated rings. The molecule has 38 heavy (non-hydrogen) atoms. The molecular weight excluding hydrogens is 482 g/mol. The van der Waals surface area contributed by atoms with Gasteiger partial charge in [0, 0.05) is 48.3 Å². The van der Waals surface area contributed by atoms with Gasteiger partial charge in [-0.1, -0.05) is 12.1 Å². The maximum atomic E-state index is 13.5. The minimum atomic E-state index is -0.996. The van der Waals surface area contributed by atoms with Crippen LogP contribution in [0.3, 0.4) is 0 Å². The summed E-state index contributed by atoms with van der Waals surface area (Å²) in [6.45, 7) is 5.23. The van der Waals surface area contributed by atoms with Crippen molar-refractivity contribution in [2.24, 2.45) is 5.41 Å². The summed E-state index contributed by atoms with van der Waals surface area (Å²) in [6.07, 6.45) is 8.05. The second kappa shape index (κ2) is 8.93. The summed E-state index contributed by atoms with van der Waals surface area (Å²) >= 11 is 0. The molecule has 0 saturated carbocycles.